The molecule has 1 saturated heterocycles. The molecule has 4 rings (SSSR count). The van der Waals surface area contributed by atoms with Gasteiger partial charge in [0.05, 0.1) is 6.61 Å². The van der Waals surface area contributed by atoms with E-state index in [1.165, 1.54) is 0 Å². The Hall–Kier alpha value is -2.86. The third-order valence-electron chi connectivity index (χ3n) is 6.70. The highest BCUT2D eigenvalue weighted by molar-refractivity contribution is 5.95. The van der Waals surface area contributed by atoms with Crippen LogP contribution in [0.3, 0.4) is 0 Å². The number of carbonyl (C=O) groups is 2. The second kappa shape index (κ2) is 9.74. The van der Waals surface area contributed by atoms with Crippen LogP contribution in [0.1, 0.15) is 53.1 Å². The van der Waals surface area contributed by atoms with E-state index in [1.807, 2.05) is 54.3 Å². The van der Waals surface area contributed by atoms with E-state index in [1.54, 1.807) is 7.11 Å². The summed E-state index contributed by atoms with van der Waals surface area (Å²) in [6.45, 7) is 4.30. The van der Waals surface area contributed by atoms with Crippen molar-refractivity contribution in [1.82, 2.24) is 10.2 Å². The van der Waals surface area contributed by atoms with Gasteiger partial charge in [-0.25, -0.2) is 0 Å². The van der Waals surface area contributed by atoms with E-state index in [0.29, 0.717) is 32.7 Å². The fourth-order valence-electron chi connectivity index (χ4n) is 4.92. The van der Waals surface area contributed by atoms with Crippen LogP contribution in [0.25, 0.3) is 0 Å². The number of piperidine rings is 1. The minimum Gasteiger partial charge on any atom is -0.487 e. The predicted octanol–water partition coefficient (Wildman–Crippen LogP) is 3.69. The van der Waals surface area contributed by atoms with Gasteiger partial charge in [0, 0.05) is 57.5 Å². The average molecular weight is 437 g/mol. The van der Waals surface area contributed by atoms with E-state index in [-0.39, 0.29) is 23.3 Å². The third kappa shape index (κ3) is 4.80. The van der Waals surface area contributed by atoms with Gasteiger partial charge >= 0.3 is 0 Å². The number of nitrogens with zero attached hydrogens (tertiary/aromatic N) is 1. The fraction of sp³-hybridized carbons (Fsp3) is 0.462. The van der Waals surface area contributed by atoms with E-state index in [2.05, 4.69) is 11.4 Å². The smallest absolute Gasteiger partial charge is 0.254 e. The Morgan fingerprint density at radius 1 is 1.12 bits per heavy atom. The highest BCUT2D eigenvalue weighted by atomic mass is 16.5. The molecule has 2 aliphatic rings. The summed E-state index contributed by atoms with van der Waals surface area (Å²) in [5.41, 5.74) is 2.52. The molecule has 2 aliphatic heterocycles. The third-order valence-corrected chi connectivity index (χ3v) is 6.70. The Labute approximate surface area is 189 Å². The normalized spacial score (nSPS) is 19.2. The summed E-state index contributed by atoms with van der Waals surface area (Å²) in [5, 5.41) is 2.94. The van der Waals surface area contributed by atoms with Crippen LogP contribution in [0.15, 0.2) is 48.5 Å². The number of hydrogen-bond acceptors (Lipinski definition) is 4. The summed E-state index contributed by atoms with van der Waals surface area (Å²) >= 11 is 0. The molecule has 1 spiro atoms. The number of benzene rings is 2. The van der Waals surface area contributed by atoms with Gasteiger partial charge in [0.25, 0.3) is 5.91 Å². The van der Waals surface area contributed by atoms with Crippen molar-refractivity contribution in [3.63, 3.8) is 0 Å². The van der Waals surface area contributed by atoms with Crippen LogP contribution in [0, 0.1) is 6.92 Å². The quantitative estimate of drug-likeness (QED) is 0.702. The number of para-hydroxylation sites is 1. The van der Waals surface area contributed by atoms with Crippen molar-refractivity contribution in [2.24, 2.45) is 0 Å². The Morgan fingerprint density at radius 3 is 2.59 bits per heavy atom. The summed E-state index contributed by atoms with van der Waals surface area (Å²) in [6, 6.07) is 15.8. The summed E-state index contributed by atoms with van der Waals surface area (Å²) in [4.78, 5) is 27.5. The molecular weight excluding hydrogens is 404 g/mol. The molecule has 0 aliphatic carbocycles. The van der Waals surface area contributed by atoms with Crippen molar-refractivity contribution in [3.05, 3.63) is 65.2 Å². The van der Waals surface area contributed by atoms with Gasteiger partial charge in [-0.3, -0.25) is 9.59 Å². The Kier molecular flexibility index (Phi) is 6.80. The van der Waals surface area contributed by atoms with Crippen molar-refractivity contribution in [2.45, 2.75) is 44.1 Å². The lowest BCUT2D eigenvalue weighted by Gasteiger charge is -2.47. The predicted molar refractivity (Wildman–Crippen MR) is 123 cm³/mol. The number of hydrogen-bond donors (Lipinski definition) is 1. The molecule has 0 aromatic heterocycles. The second-order valence-electron chi connectivity index (χ2n) is 8.88. The lowest BCUT2D eigenvalue weighted by molar-refractivity contribution is -0.122. The maximum absolute atomic E-state index is 13.0. The van der Waals surface area contributed by atoms with Gasteiger partial charge in [-0.15, -0.1) is 0 Å². The Bertz CT molecular complexity index is 966. The molecule has 2 heterocycles. The Balaban J connectivity index is 1.45. The molecule has 32 heavy (non-hydrogen) atoms. The van der Waals surface area contributed by atoms with E-state index in [0.717, 1.165) is 41.7 Å². The van der Waals surface area contributed by atoms with Crippen LogP contribution in [0.4, 0.5) is 0 Å². The van der Waals surface area contributed by atoms with Gasteiger partial charge in [-0.1, -0.05) is 36.4 Å². The second-order valence-corrected chi connectivity index (χ2v) is 8.88. The van der Waals surface area contributed by atoms with Gasteiger partial charge < -0.3 is 19.7 Å². The first-order valence-corrected chi connectivity index (χ1v) is 11.4. The molecule has 0 unspecified atom stereocenters. The highest BCUT2D eigenvalue weighted by Gasteiger charge is 2.44. The van der Waals surface area contributed by atoms with Gasteiger partial charge in [0.2, 0.25) is 5.91 Å². The Morgan fingerprint density at radius 2 is 1.84 bits per heavy atom. The zero-order valence-corrected chi connectivity index (χ0v) is 18.9. The van der Waals surface area contributed by atoms with Crippen molar-refractivity contribution in [2.75, 3.05) is 33.4 Å². The number of carbonyl (C=O) groups excluding carboxylic acids is 2. The monoisotopic (exact) mass is 436 g/mol. The molecule has 170 valence electrons. The summed E-state index contributed by atoms with van der Waals surface area (Å²) in [7, 11) is 1.63. The maximum atomic E-state index is 13.0. The van der Waals surface area contributed by atoms with Crippen molar-refractivity contribution >= 4 is 11.8 Å². The minimum absolute atomic E-state index is 0.0334. The molecule has 0 bridgehead atoms. The van der Waals surface area contributed by atoms with Crippen LogP contribution in [0.2, 0.25) is 0 Å². The number of likely N-dealkylation sites (tertiary alicyclic amines) is 1. The largest absolute Gasteiger partial charge is 0.487 e. The molecule has 6 heteroatoms. The standard InChI is InChI=1S/C26H32N2O4/c1-19-7-3-4-8-21(19)25(30)28-14-11-26(12-15-28)18-20(17-24(29)27-13-16-31-2)22-9-5-6-10-23(22)32-26/h3-10,20H,11-18H2,1-2H3,(H,27,29)/t20-/m0/s1. The van der Waals surface area contributed by atoms with Gasteiger partial charge in [-0.2, -0.15) is 0 Å². The zero-order chi connectivity index (χ0) is 22.6. The molecule has 6 nitrogen and oxygen atoms in total. The molecule has 1 atom stereocenters. The number of fused-ring (bicyclic) bond motifs is 1. The first-order valence-electron chi connectivity index (χ1n) is 11.4. The molecule has 2 amide bonds. The molecule has 2 aromatic rings. The first-order chi connectivity index (χ1) is 15.5. The van der Waals surface area contributed by atoms with Gasteiger partial charge in [-0.05, 0) is 36.6 Å². The van der Waals surface area contributed by atoms with Crippen LogP contribution in [-0.4, -0.2) is 55.7 Å². The van der Waals surface area contributed by atoms with Crippen LogP contribution >= 0.6 is 0 Å². The molecular formula is C26H32N2O4. The summed E-state index contributed by atoms with van der Waals surface area (Å²) in [6.07, 6.45) is 2.74. The lowest BCUT2D eigenvalue weighted by atomic mass is 9.76. The number of ether oxygens (including phenoxy) is 2. The number of nitrogens with one attached hydrogen (secondary N) is 1. The topological polar surface area (TPSA) is 67.9 Å². The number of aryl methyl sites for hydroxylation is 1. The van der Waals surface area contributed by atoms with E-state index >= 15 is 0 Å². The summed E-state index contributed by atoms with van der Waals surface area (Å²) < 4.78 is 11.6. The SMILES string of the molecule is COCCNC(=O)C[C@H]1CC2(CCN(C(=O)c3ccccc3C)CC2)Oc2ccccc21. The number of methoxy groups -OCH3 is 1. The molecule has 0 saturated carbocycles. The molecule has 1 N–H and O–H groups in total. The zero-order valence-electron chi connectivity index (χ0n) is 18.9. The van der Waals surface area contributed by atoms with Crippen molar-refractivity contribution < 1.29 is 19.1 Å². The number of rotatable bonds is 6. The average Bonchev–Trinajstić information content (AvgIpc) is 2.80. The van der Waals surface area contributed by atoms with Crippen LogP contribution in [-0.2, 0) is 9.53 Å². The minimum atomic E-state index is -0.339. The highest BCUT2D eigenvalue weighted by Crippen LogP contribution is 2.46. The maximum Gasteiger partial charge on any atom is 0.254 e. The lowest BCUT2D eigenvalue weighted by Crippen LogP contribution is -2.52. The van der Waals surface area contributed by atoms with Crippen LogP contribution in [0.5, 0.6) is 5.75 Å². The van der Waals surface area contributed by atoms with Gasteiger partial charge in [0.15, 0.2) is 0 Å². The molecule has 2 aromatic carbocycles. The van der Waals surface area contributed by atoms with E-state index in [9.17, 15) is 9.59 Å². The van der Waals surface area contributed by atoms with E-state index in [4.69, 9.17) is 9.47 Å². The van der Waals surface area contributed by atoms with Crippen LogP contribution < -0.4 is 10.1 Å². The molecule has 0 radical (unpaired) electrons. The van der Waals surface area contributed by atoms with Crippen molar-refractivity contribution in [3.8, 4) is 5.75 Å². The number of amides is 2. The first kappa shape index (κ1) is 22.3. The molecule has 1 fully saturated rings. The van der Waals surface area contributed by atoms with Crippen molar-refractivity contribution in [1.29, 1.82) is 0 Å². The van der Waals surface area contributed by atoms with E-state index < -0.39 is 0 Å². The fourth-order valence-corrected chi connectivity index (χ4v) is 4.92. The summed E-state index contributed by atoms with van der Waals surface area (Å²) in [5.74, 6) is 1.09. The van der Waals surface area contributed by atoms with Gasteiger partial charge in [0.1, 0.15) is 11.4 Å².